The molecule has 0 spiro atoms. The van der Waals surface area contributed by atoms with Crippen molar-refractivity contribution >= 4 is 27.5 Å². The maximum Gasteiger partial charge on any atom is 0.262 e. The molecule has 2 heterocycles. The van der Waals surface area contributed by atoms with Gasteiger partial charge in [0, 0.05) is 57.8 Å². The number of carbonyl (C=O) groups is 1. The van der Waals surface area contributed by atoms with Crippen LogP contribution in [-0.2, 0) is 17.1 Å². The average Bonchev–Trinajstić information content (AvgIpc) is 3.27. The maximum atomic E-state index is 14.1. The van der Waals surface area contributed by atoms with Crippen LogP contribution < -0.4 is 5.32 Å². The number of piperazine rings is 1. The predicted octanol–water partition coefficient (Wildman–Crippen LogP) is 2.67. The molecule has 1 unspecified atom stereocenters. The number of hydrogen-bond acceptors (Lipinski definition) is 5. The van der Waals surface area contributed by atoms with Gasteiger partial charge in [-0.05, 0) is 25.0 Å². The van der Waals surface area contributed by atoms with E-state index in [4.69, 9.17) is 11.6 Å². The van der Waals surface area contributed by atoms with Crippen LogP contribution in [0.15, 0.2) is 47.9 Å². The van der Waals surface area contributed by atoms with Crippen LogP contribution >= 0.6 is 11.6 Å². The van der Waals surface area contributed by atoms with Gasteiger partial charge in [0.1, 0.15) is 5.50 Å². The summed E-state index contributed by atoms with van der Waals surface area (Å²) in [6.45, 7) is 0.963. The molecular weight excluding hydrogens is 488 g/mol. The molecule has 2 aromatic rings. The number of benzene rings is 1. The summed E-state index contributed by atoms with van der Waals surface area (Å²) in [7, 11) is -2.07. The van der Waals surface area contributed by atoms with Crippen molar-refractivity contribution in [1.82, 2.24) is 24.1 Å². The molecule has 1 aromatic carbocycles. The Bertz CT molecular complexity index is 1110. The Morgan fingerprint density at radius 3 is 2.26 bits per heavy atom. The number of halogens is 3. The summed E-state index contributed by atoms with van der Waals surface area (Å²) in [4.78, 5) is 18.7. The van der Waals surface area contributed by atoms with Crippen LogP contribution in [0.3, 0.4) is 0 Å². The monoisotopic (exact) mass is 515 g/mol. The second-order valence-corrected chi connectivity index (χ2v) is 11.3. The first kappa shape index (κ1) is 25.0. The number of imidazole rings is 1. The first-order valence-electron chi connectivity index (χ1n) is 11.1. The number of aromatic nitrogens is 2. The molecule has 1 saturated carbocycles. The molecule has 1 aliphatic carbocycles. The number of aryl methyl sites for hydroxylation is 1. The summed E-state index contributed by atoms with van der Waals surface area (Å²) >= 11 is 6.75. The Balaban J connectivity index is 1.51. The zero-order valence-electron chi connectivity index (χ0n) is 18.8. The minimum absolute atomic E-state index is 0.0270. The smallest absolute Gasteiger partial charge is 0.262 e. The summed E-state index contributed by atoms with van der Waals surface area (Å²) in [6, 6.07) is 8.56. The number of hydrogen-bond donors (Lipinski definition) is 1. The molecule has 1 saturated heterocycles. The van der Waals surface area contributed by atoms with Gasteiger partial charge in [-0.25, -0.2) is 22.2 Å². The van der Waals surface area contributed by atoms with E-state index in [1.807, 2.05) is 4.90 Å². The fourth-order valence-electron chi connectivity index (χ4n) is 4.73. The third-order valence-electron chi connectivity index (χ3n) is 6.77. The molecule has 8 nitrogen and oxygen atoms in total. The van der Waals surface area contributed by atoms with Crippen LogP contribution in [0.4, 0.5) is 8.78 Å². The highest BCUT2D eigenvalue weighted by atomic mass is 35.5. The SMILES string of the molecule is Cn1cnc(S(=O)(=O)N2CCN(C3(C(Cl)NC(=O)c4ccccc4)CCC(F)(F)CC3)CC2)c1. The van der Waals surface area contributed by atoms with Gasteiger partial charge >= 0.3 is 0 Å². The lowest BCUT2D eigenvalue weighted by molar-refractivity contribution is -0.0893. The summed E-state index contributed by atoms with van der Waals surface area (Å²) in [5, 5.41) is 2.77. The van der Waals surface area contributed by atoms with E-state index in [1.54, 1.807) is 41.9 Å². The van der Waals surface area contributed by atoms with Crippen molar-refractivity contribution in [1.29, 1.82) is 0 Å². The van der Waals surface area contributed by atoms with E-state index in [9.17, 15) is 22.0 Å². The zero-order chi connectivity index (χ0) is 24.6. The molecule has 4 rings (SSSR count). The molecule has 34 heavy (non-hydrogen) atoms. The van der Waals surface area contributed by atoms with E-state index < -0.39 is 27.0 Å². The standard InChI is InChI=1S/C22H28ClF2N5O3S/c1-28-15-18(26-16-28)34(32,33)30-13-11-29(12-14-30)21(7-9-22(24,25)10-8-21)20(23)27-19(31)17-5-3-2-4-6-17/h2-6,15-16,20H,7-14H2,1H3,(H,27,31). The summed E-state index contributed by atoms with van der Waals surface area (Å²) < 4.78 is 56.9. The van der Waals surface area contributed by atoms with Crippen molar-refractivity contribution in [2.24, 2.45) is 7.05 Å². The number of carbonyl (C=O) groups excluding carboxylic acids is 1. The lowest BCUT2D eigenvalue weighted by Gasteiger charge is -2.52. The number of alkyl halides is 3. The van der Waals surface area contributed by atoms with Gasteiger partial charge in [-0.15, -0.1) is 0 Å². The van der Waals surface area contributed by atoms with E-state index in [0.29, 0.717) is 18.7 Å². The molecule has 1 amide bonds. The summed E-state index contributed by atoms with van der Waals surface area (Å²) in [5.74, 6) is -3.16. The minimum Gasteiger partial charge on any atom is -0.339 e. The molecule has 0 radical (unpaired) electrons. The lowest BCUT2D eigenvalue weighted by atomic mass is 9.77. The molecule has 2 fully saturated rings. The quantitative estimate of drug-likeness (QED) is 0.472. The van der Waals surface area contributed by atoms with Crippen molar-refractivity contribution in [3.8, 4) is 0 Å². The van der Waals surface area contributed by atoms with Crippen LogP contribution in [0.5, 0.6) is 0 Å². The van der Waals surface area contributed by atoms with Gasteiger partial charge in [-0.3, -0.25) is 9.69 Å². The molecule has 2 aliphatic rings. The second-order valence-electron chi connectivity index (χ2n) is 8.93. The minimum atomic E-state index is -3.76. The third kappa shape index (κ3) is 4.98. The van der Waals surface area contributed by atoms with Gasteiger partial charge in [-0.1, -0.05) is 29.8 Å². The number of rotatable bonds is 6. The first-order chi connectivity index (χ1) is 16.0. The Hall–Kier alpha value is -2.08. The highest BCUT2D eigenvalue weighted by Crippen LogP contribution is 2.44. The van der Waals surface area contributed by atoms with Crippen LogP contribution in [0, 0.1) is 0 Å². The molecule has 186 valence electrons. The van der Waals surface area contributed by atoms with Gasteiger partial charge in [0.25, 0.3) is 15.9 Å². The van der Waals surface area contributed by atoms with Gasteiger partial charge < -0.3 is 9.88 Å². The van der Waals surface area contributed by atoms with Gasteiger partial charge in [-0.2, -0.15) is 4.31 Å². The summed E-state index contributed by atoms with van der Waals surface area (Å²) in [6.07, 6.45) is 2.37. The third-order valence-corrected chi connectivity index (χ3v) is 9.07. The normalized spacial score (nSPS) is 22.2. The number of amides is 1. The van der Waals surface area contributed by atoms with Crippen molar-refractivity contribution in [2.75, 3.05) is 26.2 Å². The highest BCUT2D eigenvalue weighted by Gasteiger charge is 2.52. The van der Waals surface area contributed by atoms with E-state index in [1.165, 1.54) is 16.8 Å². The van der Waals surface area contributed by atoms with E-state index in [0.717, 1.165) is 0 Å². The Labute approximate surface area is 202 Å². The maximum absolute atomic E-state index is 14.1. The second kappa shape index (κ2) is 9.52. The highest BCUT2D eigenvalue weighted by molar-refractivity contribution is 7.89. The van der Waals surface area contributed by atoms with Gasteiger partial charge in [0.15, 0.2) is 5.03 Å². The number of nitrogens with zero attached hydrogens (tertiary/aromatic N) is 4. The molecule has 1 N–H and O–H groups in total. The van der Waals surface area contributed by atoms with Crippen molar-refractivity contribution in [3.63, 3.8) is 0 Å². The van der Waals surface area contributed by atoms with E-state index in [2.05, 4.69) is 10.3 Å². The van der Waals surface area contributed by atoms with Crippen molar-refractivity contribution in [3.05, 3.63) is 48.4 Å². The van der Waals surface area contributed by atoms with Crippen LogP contribution in [-0.4, -0.2) is 76.2 Å². The zero-order valence-corrected chi connectivity index (χ0v) is 20.4. The molecular formula is C22H28ClF2N5O3S. The van der Waals surface area contributed by atoms with Crippen molar-refractivity contribution in [2.45, 2.75) is 47.7 Å². The Kier molecular flexibility index (Phi) is 7.01. The largest absolute Gasteiger partial charge is 0.339 e. The topological polar surface area (TPSA) is 87.5 Å². The number of nitrogens with one attached hydrogen (secondary N) is 1. The van der Waals surface area contributed by atoms with E-state index in [-0.39, 0.29) is 49.7 Å². The Morgan fingerprint density at radius 1 is 1.09 bits per heavy atom. The fraction of sp³-hybridized carbons (Fsp3) is 0.545. The number of sulfonamides is 1. The predicted molar refractivity (Wildman–Crippen MR) is 123 cm³/mol. The fourth-order valence-corrected chi connectivity index (χ4v) is 6.57. The van der Waals surface area contributed by atoms with Crippen LogP contribution in [0.1, 0.15) is 36.0 Å². The molecule has 1 aliphatic heterocycles. The molecule has 1 atom stereocenters. The van der Waals surface area contributed by atoms with Crippen molar-refractivity contribution < 1.29 is 22.0 Å². The van der Waals surface area contributed by atoms with Crippen LogP contribution in [0.2, 0.25) is 0 Å². The van der Waals surface area contributed by atoms with Gasteiger partial charge in [0.05, 0.1) is 11.9 Å². The summed E-state index contributed by atoms with van der Waals surface area (Å²) in [5.41, 5.74) is -1.40. The molecule has 0 bridgehead atoms. The average molecular weight is 516 g/mol. The first-order valence-corrected chi connectivity index (χ1v) is 13.0. The van der Waals surface area contributed by atoms with Gasteiger partial charge in [0.2, 0.25) is 5.92 Å². The molecule has 12 heteroatoms. The Morgan fingerprint density at radius 2 is 1.71 bits per heavy atom. The lowest BCUT2D eigenvalue weighted by Crippen LogP contribution is -2.66. The molecule has 1 aromatic heterocycles. The van der Waals surface area contributed by atoms with Crippen LogP contribution in [0.25, 0.3) is 0 Å². The van der Waals surface area contributed by atoms with E-state index >= 15 is 0 Å².